The number of carbonyl (C=O) groups is 1. The Morgan fingerprint density at radius 2 is 2.21 bits per heavy atom. The smallest absolute Gasteiger partial charge is 0.220 e. The molecule has 0 atom stereocenters. The number of hydrogen-bond donors (Lipinski definition) is 2. The monoisotopic (exact) mass is 195 g/mol. The zero-order valence-corrected chi connectivity index (χ0v) is 8.38. The van der Waals surface area contributed by atoms with Crippen molar-refractivity contribution in [3.05, 3.63) is 0 Å². The molecule has 1 aliphatic heterocycles. The molecule has 0 unspecified atom stereocenters. The predicted molar refractivity (Wildman–Crippen MR) is 53.5 cm³/mol. The van der Waals surface area contributed by atoms with Gasteiger partial charge in [-0.25, -0.2) is 0 Å². The van der Waals surface area contributed by atoms with Crippen LogP contribution in [0.25, 0.3) is 0 Å². The summed E-state index contributed by atoms with van der Waals surface area (Å²) in [5, 5.41) is 14.1. The van der Waals surface area contributed by atoms with E-state index in [0.717, 1.165) is 19.5 Å². The molecule has 0 saturated carbocycles. The minimum atomic E-state index is 0.00471. The molecule has 0 radical (unpaired) electrons. The molecule has 0 aliphatic carbocycles. The molecule has 0 aromatic heterocycles. The fraction of sp³-hybridized carbons (Fsp3) is 0.800. The van der Waals surface area contributed by atoms with Gasteiger partial charge in [0, 0.05) is 6.42 Å². The molecule has 4 nitrogen and oxygen atoms in total. The molecule has 1 amide bonds. The summed E-state index contributed by atoms with van der Waals surface area (Å²) in [6, 6.07) is 1.89. The molecule has 4 heteroatoms. The quantitative estimate of drug-likeness (QED) is 0.638. The van der Waals surface area contributed by atoms with Crippen molar-refractivity contribution >= 4 is 5.91 Å². The van der Waals surface area contributed by atoms with Crippen LogP contribution in [0.2, 0.25) is 0 Å². The van der Waals surface area contributed by atoms with Gasteiger partial charge in [-0.15, -0.1) is 0 Å². The lowest BCUT2D eigenvalue weighted by Gasteiger charge is -2.21. The molecule has 1 aliphatic rings. The third-order valence-corrected chi connectivity index (χ3v) is 2.60. The molecule has 14 heavy (non-hydrogen) atoms. The zero-order valence-electron chi connectivity index (χ0n) is 8.38. The van der Waals surface area contributed by atoms with E-state index in [1.54, 1.807) is 0 Å². The van der Waals surface area contributed by atoms with E-state index in [1.807, 2.05) is 6.07 Å². The summed E-state index contributed by atoms with van der Waals surface area (Å²) in [6.45, 7) is 2.28. The molecule has 0 aromatic rings. The fourth-order valence-electron chi connectivity index (χ4n) is 1.73. The molecule has 0 aromatic carbocycles. The van der Waals surface area contributed by atoms with Gasteiger partial charge >= 0.3 is 0 Å². The topological polar surface area (TPSA) is 64.9 Å². The van der Waals surface area contributed by atoms with Gasteiger partial charge in [0.25, 0.3) is 0 Å². The van der Waals surface area contributed by atoms with Gasteiger partial charge in [0.2, 0.25) is 5.91 Å². The van der Waals surface area contributed by atoms with Gasteiger partial charge in [-0.2, -0.15) is 5.26 Å². The van der Waals surface area contributed by atoms with Gasteiger partial charge in [0.1, 0.15) is 6.54 Å². The van der Waals surface area contributed by atoms with Crippen LogP contribution in [0.1, 0.15) is 25.7 Å². The summed E-state index contributed by atoms with van der Waals surface area (Å²) in [4.78, 5) is 11.2. The normalized spacial score (nSPS) is 17.4. The molecule has 2 N–H and O–H groups in total. The number of nitrogens with zero attached hydrogens (tertiary/aromatic N) is 1. The second-order valence-corrected chi connectivity index (χ2v) is 3.67. The van der Waals surface area contributed by atoms with Crippen LogP contribution < -0.4 is 10.6 Å². The molecule has 1 rings (SSSR count). The SMILES string of the molecule is N#CCNC(=O)CCC1CCNCC1. The van der Waals surface area contributed by atoms with Crippen LogP contribution in [-0.4, -0.2) is 25.5 Å². The molecule has 1 heterocycles. The largest absolute Gasteiger partial charge is 0.343 e. The third kappa shape index (κ3) is 4.24. The Kier molecular flexibility index (Phi) is 5.02. The molecule has 78 valence electrons. The van der Waals surface area contributed by atoms with Crippen molar-refractivity contribution in [2.24, 2.45) is 5.92 Å². The maximum absolute atomic E-state index is 11.2. The summed E-state index contributed by atoms with van der Waals surface area (Å²) in [6.07, 6.45) is 3.86. The standard InChI is InChI=1S/C10H17N3O/c11-5-8-13-10(14)2-1-9-3-6-12-7-4-9/h9,12H,1-4,6-8H2,(H,13,14). The van der Waals surface area contributed by atoms with Crippen LogP contribution in [0.5, 0.6) is 0 Å². The van der Waals surface area contributed by atoms with Gasteiger partial charge in [0.05, 0.1) is 6.07 Å². The van der Waals surface area contributed by atoms with Gasteiger partial charge in [0.15, 0.2) is 0 Å². The van der Waals surface area contributed by atoms with Crippen LogP contribution in [0, 0.1) is 17.2 Å². The van der Waals surface area contributed by atoms with E-state index in [1.165, 1.54) is 12.8 Å². The van der Waals surface area contributed by atoms with Crippen LogP contribution in [0.4, 0.5) is 0 Å². The molecule has 0 bridgehead atoms. The van der Waals surface area contributed by atoms with Crippen molar-refractivity contribution in [3.8, 4) is 6.07 Å². The Balaban J connectivity index is 2.07. The number of rotatable bonds is 4. The Morgan fingerprint density at radius 3 is 2.86 bits per heavy atom. The Bertz CT molecular complexity index is 216. The zero-order chi connectivity index (χ0) is 10.2. The Hall–Kier alpha value is -1.08. The van der Waals surface area contributed by atoms with E-state index >= 15 is 0 Å². The van der Waals surface area contributed by atoms with Crippen LogP contribution in [-0.2, 0) is 4.79 Å². The van der Waals surface area contributed by atoms with Crippen molar-refractivity contribution in [2.75, 3.05) is 19.6 Å². The first-order chi connectivity index (χ1) is 6.83. The van der Waals surface area contributed by atoms with Crippen molar-refractivity contribution in [1.29, 1.82) is 5.26 Å². The summed E-state index contributed by atoms with van der Waals surface area (Å²) in [5.74, 6) is 0.689. The summed E-state index contributed by atoms with van der Waals surface area (Å²) in [5.41, 5.74) is 0. The molecule has 0 spiro atoms. The van der Waals surface area contributed by atoms with E-state index < -0.39 is 0 Å². The lowest BCUT2D eigenvalue weighted by Crippen LogP contribution is -2.29. The fourth-order valence-corrected chi connectivity index (χ4v) is 1.73. The van der Waals surface area contributed by atoms with Crippen molar-refractivity contribution < 1.29 is 4.79 Å². The van der Waals surface area contributed by atoms with Gasteiger partial charge < -0.3 is 10.6 Å². The number of piperidine rings is 1. The Morgan fingerprint density at radius 1 is 1.50 bits per heavy atom. The van der Waals surface area contributed by atoms with E-state index in [0.29, 0.717) is 12.3 Å². The first-order valence-electron chi connectivity index (χ1n) is 5.17. The average Bonchev–Trinajstić information content (AvgIpc) is 2.25. The minimum absolute atomic E-state index is 0.00471. The number of carbonyl (C=O) groups excluding carboxylic acids is 1. The minimum Gasteiger partial charge on any atom is -0.343 e. The molecule has 1 fully saturated rings. The van der Waals surface area contributed by atoms with Crippen LogP contribution >= 0.6 is 0 Å². The van der Waals surface area contributed by atoms with E-state index in [9.17, 15) is 4.79 Å². The molecular formula is C10H17N3O. The molecular weight excluding hydrogens is 178 g/mol. The lowest BCUT2D eigenvalue weighted by molar-refractivity contribution is -0.121. The number of hydrogen-bond acceptors (Lipinski definition) is 3. The van der Waals surface area contributed by atoms with E-state index in [-0.39, 0.29) is 12.5 Å². The highest BCUT2D eigenvalue weighted by molar-refractivity contribution is 5.76. The maximum atomic E-state index is 11.2. The number of amides is 1. The lowest BCUT2D eigenvalue weighted by atomic mass is 9.93. The van der Waals surface area contributed by atoms with Gasteiger partial charge in [-0.1, -0.05) is 0 Å². The highest BCUT2D eigenvalue weighted by Crippen LogP contribution is 2.17. The van der Waals surface area contributed by atoms with Gasteiger partial charge in [-0.3, -0.25) is 4.79 Å². The second-order valence-electron chi connectivity index (χ2n) is 3.67. The van der Waals surface area contributed by atoms with Gasteiger partial charge in [-0.05, 0) is 38.3 Å². The first-order valence-corrected chi connectivity index (χ1v) is 5.17. The average molecular weight is 195 g/mol. The van der Waals surface area contributed by atoms with E-state index in [4.69, 9.17) is 5.26 Å². The maximum Gasteiger partial charge on any atom is 0.220 e. The van der Waals surface area contributed by atoms with Crippen molar-refractivity contribution in [1.82, 2.24) is 10.6 Å². The summed E-state index contributed by atoms with van der Waals surface area (Å²) < 4.78 is 0. The van der Waals surface area contributed by atoms with Crippen LogP contribution in [0.3, 0.4) is 0 Å². The summed E-state index contributed by atoms with van der Waals surface area (Å²) in [7, 11) is 0. The summed E-state index contributed by atoms with van der Waals surface area (Å²) >= 11 is 0. The number of nitrogens with one attached hydrogen (secondary N) is 2. The number of nitriles is 1. The molecule has 1 saturated heterocycles. The van der Waals surface area contributed by atoms with Crippen molar-refractivity contribution in [3.63, 3.8) is 0 Å². The van der Waals surface area contributed by atoms with Crippen molar-refractivity contribution in [2.45, 2.75) is 25.7 Å². The highest BCUT2D eigenvalue weighted by Gasteiger charge is 2.13. The first kappa shape index (κ1) is 11.0. The second kappa shape index (κ2) is 6.39. The third-order valence-electron chi connectivity index (χ3n) is 2.60. The van der Waals surface area contributed by atoms with E-state index in [2.05, 4.69) is 10.6 Å². The predicted octanol–water partition coefficient (Wildman–Crippen LogP) is 0.406. The van der Waals surface area contributed by atoms with Crippen LogP contribution in [0.15, 0.2) is 0 Å². The highest BCUT2D eigenvalue weighted by atomic mass is 16.1. The Labute approximate surface area is 84.7 Å².